The lowest BCUT2D eigenvalue weighted by atomic mass is 10.3. The first-order chi connectivity index (χ1) is 8.29. The Hall–Kier alpha value is -2.17. The second-order valence-corrected chi connectivity index (χ2v) is 3.63. The molecule has 5 heteroatoms. The van der Waals surface area contributed by atoms with E-state index in [-0.39, 0.29) is 5.56 Å². The van der Waals surface area contributed by atoms with E-state index >= 15 is 0 Å². The molecular weight excluding hydrogens is 216 g/mol. The number of rotatable bonds is 4. The number of nitrogens with zero attached hydrogens (tertiary/aromatic N) is 3. The summed E-state index contributed by atoms with van der Waals surface area (Å²) >= 11 is 0. The van der Waals surface area contributed by atoms with Gasteiger partial charge in [-0.25, -0.2) is 4.68 Å². The summed E-state index contributed by atoms with van der Waals surface area (Å²) in [4.78, 5) is 15.9. The van der Waals surface area contributed by atoms with Crippen LogP contribution in [0.4, 0.5) is 5.69 Å². The number of hydrogen-bond acceptors (Lipinski definition) is 4. The van der Waals surface area contributed by atoms with Crippen molar-refractivity contribution < 1.29 is 0 Å². The fourth-order valence-corrected chi connectivity index (χ4v) is 1.50. The minimum absolute atomic E-state index is 0.104. The highest BCUT2D eigenvalue weighted by molar-refractivity contribution is 5.37. The summed E-state index contributed by atoms with van der Waals surface area (Å²) in [5.74, 6) is 0. The maximum atomic E-state index is 11.7. The molecule has 2 aromatic rings. The second-order valence-electron chi connectivity index (χ2n) is 3.63. The van der Waals surface area contributed by atoms with Crippen molar-refractivity contribution in [2.75, 3.05) is 12.4 Å². The zero-order valence-corrected chi connectivity index (χ0v) is 9.63. The van der Waals surface area contributed by atoms with E-state index < -0.39 is 0 Å². The molecule has 0 amide bonds. The van der Waals surface area contributed by atoms with Crippen molar-refractivity contribution in [3.8, 4) is 0 Å². The molecule has 17 heavy (non-hydrogen) atoms. The lowest BCUT2D eigenvalue weighted by Gasteiger charge is -2.05. The van der Waals surface area contributed by atoms with Crippen molar-refractivity contribution >= 4 is 5.69 Å². The van der Waals surface area contributed by atoms with E-state index in [9.17, 15) is 4.79 Å². The highest BCUT2D eigenvalue weighted by atomic mass is 16.1. The summed E-state index contributed by atoms with van der Waals surface area (Å²) in [6, 6.07) is 7.27. The van der Waals surface area contributed by atoms with Crippen LogP contribution in [0.15, 0.2) is 41.5 Å². The molecule has 88 valence electrons. The van der Waals surface area contributed by atoms with Crippen LogP contribution in [-0.2, 0) is 13.0 Å². The first kappa shape index (κ1) is 11.3. The van der Waals surface area contributed by atoms with Gasteiger partial charge in [0.25, 0.3) is 5.56 Å². The lowest BCUT2D eigenvalue weighted by Crippen LogP contribution is -2.23. The van der Waals surface area contributed by atoms with E-state index in [0.717, 1.165) is 11.4 Å². The van der Waals surface area contributed by atoms with E-state index in [1.165, 1.54) is 10.7 Å². The molecule has 0 radical (unpaired) electrons. The van der Waals surface area contributed by atoms with Gasteiger partial charge in [0.15, 0.2) is 0 Å². The Morgan fingerprint density at radius 2 is 2.29 bits per heavy atom. The summed E-state index contributed by atoms with van der Waals surface area (Å²) in [5.41, 5.74) is 1.58. The molecule has 0 aromatic carbocycles. The van der Waals surface area contributed by atoms with Gasteiger partial charge in [0.05, 0.1) is 18.4 Å². The maximum Gasteiger partial charge on any atom is 0.268 e. The van der Waals surface area contributed by atoms with Crippen LogP contribution in [0.1, 0.15) is 5.69 Å². The third kappa shape index (κ3) is 2.90. The van der Waals surface area contributed by atoms with Crippen LogP contribution in [0, 0.1) is 0 Å². The molecule has 0 aliphatic heterocycles. The van der Waals surface area contributed by atoms with E-state index in [4.69, 9.17) is 0 Å². The smallest absolute Gasteiger partial charge is 0.268 e. The molecule has 2 heterocycles. The summed E-state index contributed by atoms with van der Waals surface area (Å²) < 4.78 is 1.44. The van der Waals surface area contributed by atoms with Crippen molar-refractivity contribution in [2.24, 2.45) is 0 Å². The Kier molecular flexibility index (Phi) is 3.49. The molecule has 0 saturated heterocycles. The SMILES string of the molecule is CNc1cnn(CCc2ccccn2)c(=O)c1. The van der Waals surface area contributed by atoms with Crippen molar-refractivity contribution in [1.82, 2.24) is 14.8 Å². The zero-order chi connectivity index (χ0) is 12.1. The van der Waals surface area contributed by atoms with Crippen molar-refractivity contribution in [3.63, 3.8) is 0 Å². The number of nitrogens with one attached hydrogen (secondary N) is 1. The van der Waals surface area contributed by atoms with Gasteiger partial charge in [0.1, 0.15) is 0 Å². The van der Waals surface area contributed by atoms with Crippen LogP contribution in [0.5, 0.6) is 0 Å². The predicted octanol–water partition coefficient (Wildman–Crippen LogP) is 0.923. The molecule has 1 N–H and O–H groups in total. The highest BCUT2D eigenvalue weighted by Gasteiger charge is 2.00. The number of aryl methyl sites for hydroxylation is 2. The van der Waals surface area contributed by atoms with Crippen LogP contribution in [0.25, 0.3) is 0 Å². The summed E-state index contributed by atoms with van der Waals surface area (Å²) in [6.45, 7) is 0.542. The molecule has 0 atom stereocenters. The number of hydrogen-bond donors (Lipinski definition) is 1. The monoisotopic (exact) mass is 230 g/mol. The fourth-order valence-electron chi connectivity index (χ4n) is 1.50. The average Bonchev–Trinajstić information content (AvgIpc) is 2.38. The standard InChI is InChI=1S/C12H14N4O/c1-13-11-8-12(17)16(15-9-11)7-5-10-4-2-3-6-14-10/h2-4,6,8-9,13H,5,7H2,1H3. The molecule has 5 nitrogen and oxygen atoms in total. The molecule has 2 aromatic heterocycles. The predicted molar refractivity (Wildman–Crippen MR) is 66.0 cm³/mol. The van der Waals surface area contributed by atoms with Crippen molar-refractivity contribution in [2.45, 2.75) is 13.0 Å². The highest BCUT2D eigenvalue weighted by Crippen LogP contribution is 1.99. The van der Waals surface area contributed by atoms with Gasteiger partial charge < -0.3 is 5.32 Å². The van der Waals surface area contributed by atoms with Gasteiger partial charge in [-0.3, -0.25) is 9.78 Å². The molecule has 0 saturated carbocycles. The Morgan fingerprint density at radius 3 is 2.94 bits per heavy atom. The topological polar surface area (TPSA) is 59.8 Å². The molecular formula is C12H14N4O. The van der Waals surface area contributed by atoms with Gasteiger partial charge in [-0.15, -0.1) is 0 Å². The first-order valence-corrected chi connectivity index (χ1v) is 5.44. The van der Waals surface area contributed by atoms with Crippen LogP contribution >= 0.6 is 0 Å². The van der Waals surface area contributed by atoms with Gasteiger partial charge in [0, 0.05) is 31.4 Å². The number of aromatic nitrogens is 3. The summed E-state index contributed by atoms with van der Waals surface area (Å²) in [5, 5.41) is 6.96. The van der Waals surface area contributed by atoms with Crippen LogP contribution in [-0.4, -0.2) is 21.8 Å². The maximum absolute atomic E-state index is 11.7. The fraction of sp³-hybridized carbons (Fsp3) is 0.250. The Morgan fingerprint density at radius 1 is 1.41 bits per heavy atom. The lowest BCUT2D eigenvalue weighted by molar-refractivity contribution is 0.574. The third-order valence-electron chi connectivity index (χ3n) is 2.46. The number of anilines is 1. The molecule has 0 aliphatic carbocycles. The van der Waals surface area contributed by atoms with E-state index in [2.05, 4.69) is 15.4 Å². The molecule has 0 fully saturated rings. The van der Waals surface area contributed by atoms with Gasteiger partial charge >= 0.3 is 0 Å². The molecule has 0 spiro atoms. The third-order valence-corrected chi connectivity index (χ3v) is 2.46. The molecule has 0 unspecified atom stereocenters. The Bertz CT molecular complexity index is 536. The van der Waals surface area contributed by atoms with Crippen LogP contribution in [0.2, 0.25) is 0 Å². The van der Waals surface area contributed by atoms with E-state index in [1.807, 2.05) is 18.2 Å². The first-order valence-electron chi connectivity index (χ1n) is 5.44. The molecule has 0 bridgehead atoms. The van der Waals surface area contributed by atoms with Crippen molar-refractivity contribution in [3.05, 3.63) is 52.7 Å². The van der Waals surface area contributed by atoms with Gasteiger partial charge in [-0.2, -0.15) is 5.10 Å². The molecule has 2 rings (SSSR count). The number of pyridine rings is 1. The van der Waals surface area contributed by atoms with Gasteiger partial charge in [-0.05, 0) is 12.1 Å². The normalized spacial score (nSPS) is 10.2. The molecule has 0 aliphatic rings. The largest absolute Gasteiger partial charge is 0.387 e. The quantitative estimate of drug-likeness (QED) is 0.848. The zero-order valence-electron chi connectivity index (χ0n) is 9.63. The summed E-state index contributed by atoms with van der Waals surface area (Å²) in [6.07, 6.45) is 4.09. The minimum atomic E-state index is -0.104. The van der Waals surface area contributed by atoms with Crippen molar-refractivity contribution in [1.29, 1.82) is 0 Å². The average molecular weight is 230 g/mol. The van der Waals surface area contributed by atoms with E-state index in [1.54, 1.807) is 19.4 Å². The Labute approximate surface area is 99.1 Å². The summed E-state index contributed by atoms with van der Waals surface area (Å²) in [7, 11) is 1.76. The Balaban J connectivity index is 2.07. The van der Waals surface area contributed by atoms with E-state index in [0.29, 0.717) is 13.0 Å². The van der Waals surface area contributed by atoms with Gasteiger partial charge in [-0.1, -0.05) is 6.07 Å². The van der Waals surface area contributed by atoms with Gasteiger partial charge in [0.2, 0.25) is 0 Å². The van der Waals surface area contributed by atoms with Crippen LogP contribution < -0.4 is 10.9 Å². The second kappa shape index (κ2) is 5.25. The minimum Gasteiger partial charge on any atom is -0.387 e. The van der Waals surface area contributed by atoms with Crippen LogP contribution in [0.3, 0.4) is 0 Å².